The number of hydrogen-bond donors (Lipinski definition) is 2. The maximum atomic E-state index is 14.6. The van der Waals surface area contributed by atoms with Gasteiger partial charge in [-0.05, 0) is 57.2 Å². The second kappa shape index (κ2) is 9.74. The molecule has 2 aliphatic heterocycles. The van der Waals surface area contributed by atoms with Crippen LogP contribution < -0.4 is 5.32 Å². The molecule has 2 aliphatic rings. The number of carbonyl (C=O) groups is 3. The van der Waals surface area contributed by atoms with E-state index in [1.807, 2.05) is 5.32 Å². The number of carbonyl (C=O) groups excluding carboxylic acids is 2. The van der Waals surface area contributed by atoms with Crippen molar-refractivity contribution in [1.82, 2.24) is 9.80 Å². The van der Waals surface area contributed by atoms with Crippen LogP contribution in [0.15, 0.2) is 42.5 Å². The third-order valence-corrected chi connectivity index (χ3v) is 5.58. The number of benzene rings is 2. The third-order valence-electron chi connectivity index (χ3n) is 5.33. The molecule has 37 heavy (non-hydrogen) atoms. The van der Waals surface area contributed by atoms with Crippen LogP contribution in [0, 0.1) is 11.6 Å². The topological polar surface area (TPSA) is 93.0 Å². The minimum atomic E-state index is -4.11. The van der Waals surface area contributed by atoms with Gasteiger partial charge in [0.05, 0.1) is 21.1 Å². The van der Waals surface area contributed by atoms with Crippen LogP contribution in [0.2, 0.25) is 5.02 Å². The number of carboxylic acid groups (broad SMARTS) is 1. The highest BCUT2D eigenvalue weighted by molar-refractivity contribution is 6.44. The Morgan fingerprint density at radius 2 is 1.78 bits per heavy atom. The number of halogens is 3. The third kappa shape index (κ3) is 5.02. The van der Waals surface area contributed by atoms with E-state index in [9.17, 15) is 28.3 Å². The van der Waals surface area contributed by atoms with Crippen molar-refractivity contribution in [3.05, 3.63) is 64.7 Å². The lowest BCUT2D eigenvalue weighted by Gasteiger charge is -2.43. The summed E-state index contributed by atoms with van der Waals surface area (Å²) in [5.41, 5.74) is -7.03. The molecule has 2 aromatic rings. The zero-order valence-electron chi connectivity index (χ0n) is 29.7. The van der Waals surface area contributed by atoms with Gasteiger partial charge in [0, 0.05) is 40.7 Å². The second-order valence-electron chi connectivity index (χ2n) is 8.96. The molecule has 1 saturated heterocycles. The van der Waals surface area contributed by atoms with E-state index in [1.165, 1.54) is 45.0 Å². The molecular formula is C26H28ClF2N4O4+. The van der Waals surface area contributed by atoms with E-state index in [0.29, 0.717) is 16.7 Å². The molecule has 2 N–H and O–H groups in total. The Kier molecular flexibility index (Phi) is 4.30. The van der Waals surface area contributed by atoms with E-state index >= 15 is 0 Å². The number of hydrogen-bond acceptors (Lipinski definition) is 3. The first-order valence-electron chi connectivity index (χ1n) is 15.7. The summed E-state index contributed by atoms with van der Waals surface area (Å²) < 4.78 is 117. The number of piperidine rings is 1. The Morgan fingerprint density at radius 3 is 2.32 bits per heavy atom. The molecule has 196 valence electrons. The fourth-order valence-electron chi connectivity index (χ4n) is 3.90. The highest BCUT2D eigenvalue weighted by atomic mass is 35.5. The van der Waals surface area contributed by atoms with Crippen molar-refractivity contribution in [3.8, 4) is 0 Å². The minimum absolute atomic E-state index is 0.142. The molecule has 2 heterocycles. The standard InChI is InChI=1S/C26H27ClF2N4O4/c1-25(2,3)33-22(16-4-6-17(27)7-5-16)23(35)32(26(33)10-12-31(13-11-26)24(36)37)15-21(34)30-18-8-9-19(28)20(29)14-18/h4-9,14H,10-13,15H2,1-3H3,(H-,30,34,36,37)/p+1/i10D2,11D2,12D2,13D2,15D2. The molecule has 8 nitrogen and oxygen atoms in total. The van der Waals surface area contributed by atoms with Gasteiger partial charge in [-0.15, -0.1) is 0 Å². The highest BCUT2D eigenvalue weighted by Gasteiger charge is 2.63. The number of nitrogens with zero attached hydrogens (tertiary/aromatic N) is 3. The van der Waals surface area contributed by atoms with Crippen LogP contribution in [-0.4, -0.2) is 73.8 Å². The molecule has 0 radical (unpaired) electrons. The summed E-state index contributed by atoms with van der Waals surface area (Å²) in [5.74, 6) is -6.31. The number of likely N-dealkylation sites (tertiary alicyclic amines) is 1. The van der Waals surface area contributed by atoms with Crippen molar-refractivity contribution in [3.63, 3.8) is 0 Å². The summed E-state index contributed by atoms with van der Waals surface area (Å²) >= 11 is 6.01. The first kappa shape index (κ1) is 16.3. The molecule has 0 atom stereocenters. The first-order valence-corrected chi connectivity index (χ1v) is 11.1. The summed E-state index contributed by atoms with van der Waals surface area (Å²) in [6, 6.07) is 6.82. The van der Waals surface area contributed by atoms with Gasteiger partial charge in [0.25, 0.3) is 5.71 Å². The number of amides is 3. The predicted octanol–water partition coefficient (Wildman–Crippen LogP) is 4.17. The van der Waals surface area contributed by atoms with Gasteiger partial charge < -0.3 is 15.3 Å². The molecule has 3 amide bonds. The van der Waals surface area contributed by atoms with Gasteiger partial charge in [-0.2, -0.15) is 4.58 Å². The molecule has 1 spiro atoms. The first-order chi connectivity index (χ1) is 21.1. The maximum Gasteiger partial charge on any atom is 0.407 e. The van der Waals surface area contributed by atoms with Crippen molar-refractivity contribution in [2.45, 2.75) is 44.7 Å². The molecule has 0 bridgehead atoms. The summed E-state index contributed by atoms with van der Waals surface area (Å²) in [7, 11) is 0. The lowest BCUT2D eigenvalue weighted by molar-refractivity contribution is -0.681. The van der Waals surface area contributed by atoms with E-state index in [-0.39, 0.29) is 15.5 Å². The monoisotopic (exact) mass is 543 g/mol. The molecule has 1 fully saturated rings. The zero-order valence-corrected chi connectivity index (χ0v) is 20.4. The highest BCUT2D eigenvalue weighted by Crippen LogP contribution is 2.40. The van der Waals surface area contributed by atoms with Gasteiger partial charge >= 0.3 is 12.0 Å². The molecular weight excluding hydrogens is 506 g/mol. The van der Waals surface area contributed by atoms with Crippen LogP contribution >= 0.6 is 11.6 Å². The van der Waals surface area contributed by atoms with E-state index in [0.717, 1.165) is 6.07 Å². The zero-order chi connectivity index (χ0) is 36.1. The smallest absolute Gasteiger partial charge is 0.407 e. The molecule has 2 aromatic carbocycles. The average Bonchev–Trinajstić information content (AvgIpc) is 3.21. The minimum Gasteiger partial charge on any atom is -0.465 e. The Morgan fingerprint density at radius 1 is 1.16 bits per heavy atom. The fraction of sp³-hybridized carbons (Fsp3) is 0.385. The average molecular weight is 544 g/mol. The SMILES string of the molecule is [2H]C([2H])(C(=O)Nc1ccc(F)c(F)c1)N1C(=O)C(c2ccc(Cl)cc2)=[N+](C(C)(C)C)C12C([2H])([2H])C([2H])([2H])N(C(=O)O)C([2H])([2H])C2([2H])[2H]. The fourth-order valence-corrected chi connectivity index (χ4v) is 4.03. The number of nitrogens with one attached hydrogen (secondary N) is 1. The van der Waals surface area contributed by atoms with E-state index in [2.05, 4.69) is 0 Å². The molecule has 11 heteroatoms. The number of rotatable bonds is 4. The van der Waals surface area contributed by atoms with Gasteiger partial charge in [0.1, 0.15) is 6.50 Å². The van der Waals surface area contributed by atoms with Gasteiger partial charge in [-0.3, -0.25) is 14.5 Å². The van der Waals surface area contributed by atoms with Gasteiger partial charge in [0.2, 0.25) is 11.6 Å². The van der Waals surface area contributed by atoms with E-state index < -0.39 is 89.3 Å². The van der Waals surface area contributed by atoms with Crippen LogP contribution in [0.1, 0.15) is 52.8 Å². The predicted molar refractivity (Wildman–Crippen MR) is 134 cm³/mol. The summed E-state index contributed by atoms with van der Waals surface area (Å²) in [5, 5.41) is 11.9. The largest absolute Gasteiger partial charge is 0.465 e. The van der Waals surface area contributed by atoms with Crippen LogP contribution in [0.25, 0.3) is 0 Å². The summed E-state index contributed by atoms with van der Waals surface area (Å²) in [6.45, 7) is -8.22. The van der Waals surface area contributed by atoms with Gasteiger partial charge in [0.15, 0.2) is 17.2 Å². The van der Waals surface area contributed by atoms with Gasteiger partial charge in [-0.25, -0.2) is 13.6 Å². The van der Waals surface area contributed by atoms with Crippen LogP contribution in [0.4, 0.5) is 19.3 Å². The molecule has 0 saturated carbocycles. The molecule has 4 rings (SSSR count). The van der Waals surface area contributed by atoms with E-state index in [1.54, 1.807) is 0 Å². The Hall–Kier alpha value is -3.53. The van der Waals surface area contributed by atoms with Crippen molar-refractivity contribution >= 4 is 40.9 Å². The lowest BCUT2D eigenvalue weighted by atomic mass is 9.91. The van der Waals surface area contributed by atoms with Gasteiger partial charge in [-0.1, -0.05) is 11.6 Å². The van der Waals surface area contributed by atoms with Crippen LogP contribution in [0.3, 0.4) is 0 Å². The van der Waals surface area contributed by atoms with Crippen molar-refractivity contribution in [2.24, 2.45) is 0 Å². The maximum absolute atomic E-state index is 14.6. The Bertz CT molecular complexity index is 1690. The van der Waals surface area contributed by atoms with Crippen molar-refractivity contribution in [1.29, 1.82) is 0 Å². The number of anilines is 1. The Labute approximate surface area is 232 Å². The van der Waals surface area contributed by atoms with Crippen molar-refractivity contribution < 1.29 is 46.6 Å². The van der Waals surface area contributed by atoms with Crippen LogP contribution in [-0.2, 0) is 9.59 Å². The summed E-state index contributed by atoms with van der Waals surface area (Å²) in [6.07, 6.45) is -10.7. The Balaban J connectivity index is 2.20. The molecule has 0 aliphatic carbocycles. The van der Waals surface area contributed by atoms with Crippen molar-refractivity contribution in [2.75, 3.05) is 24.8 Å². The summed E-state index contributed by atoms with van der Waals surface area (Å²) in [4.78, 5) is 39.5. The molecule has 0 unspecified atom stereocenters. The lowest BCUT2D eigenvalue weighted by Crippen LogP contribution is -2.63. The van der Waals surface area contributed by atoms with E-state index in [4.69, 9.17) is 25.3 Å². The van der Waals surface area contributed by atoms with Crippen LogP contribution in [0.5, 0.6) is 0 Å². The normalized spacial score (nSPS) is 27.4. The quantitative estimate of drug-likeness (QED) is 0.566. The second-order valence-corrected chi connectivity index (χ2v) is 9.40. The molecule has 0 aromatic heterocycles.